The molecule has 10 heteroatoms. The van der Waals surface area contributed by atoms with Crippen LogP contribution in [0.2, 0.25) is 0 Å². The lowest BCUT2D eigenvalue weighted by Crippen LogP contribution is -2.25. The van der Waals surface area contributed by atoms with Crippen LogP contribution in [-0.4, -0.2) is 38.7 Å². The lowest BCUT2D eigenvalue weighted by Gasteiger charge is -2.20. The van der Waals surface area contributed by atoms with Gasteiger partial charge in [0.2, 0.25) is 5.91 Å². The van der Waals surface area contributed by atoms with Gasteiger partial charge in [0.15, 0.2) is 11.5 Å². The SMILES string of the molecule is CCOC(=O)c1cc(OC)c(OC)cc1C(Cc1ccc(NC(=O)Nc2ccc(N)cc2)cc1)C(N)=O. The molecule has 0 aliphatic carbocycles. The largest absolute Gasteiger partial charge is 0.493 e. The molecule has 1 atom stereocenters. The first kappa shape index (κ1) is 26.9. The van der Waals surface area contributed by atoms with Crippen molar-refractivity contribution in [3.63, 3.8) is 0 Å². The number of primary amides is 1. The number of nitrogens with two attached hydrogens (primary N) is 2. The molecule has 3 aromatic rings. The van der Waals surface area contributed by atoms with Gasteiger partial charge in [0.1, 0.15) is 0 Å². The molecule has 10 nitrogen and oxygen atoms in total. The fourth-order valence-electron chi connectivity index (χ4n) is 3.75. The van der Waals surface area contributed by atoms with Crippen molar-refractivity contribution in [3.05, 3.63) is 77.4 Å². The minimum Gasteiger partial charge on any atom is -0.493 e. The molecule has 6 N–H and O–H groups in total. The Hall–Kier alpha value is -4.73. The van der Waals surface area contributed by atoms with E-state index in [1.54, 1.807) is 61.5 Å². The minimum atomic E-state index is -0.855. The van der Waals surface area contributed by atoms with Crippen molar-refractivity contribution in [3.8, 4) is 11.5 Å². The first-order valence-electron chi connectivity index (χ1n) is 11.5. The quantitative estimate of drug-likeness (QED) is 0.240. The lowest BCUT2D eigenvalue weighted by atomic mass is 9.87. The molecule has 0 aliphatic heterocycles. The van der Waals surface area contributed by atoms with Crippen molar-refractivity contribution >= 4 is 35.0 Å². The topological polar surface area (TPSA) is 155 Å². The maximum absolute atomic E-state index is 12.7. The first-order valence-corrected chi connectivity index (χ1v) is 11.5. The summed E-state index contributed by atoms with van der Waals surface area (Å²) in [5.74, 6) is -1.40. The fourth-order valence-corrected chi connectivity index (χ4v) is 3.75. The summed E-state index contributed by atoms with van der Waals surface area (Å²) in [6.07, 6.45) is 0.204. The second kappa shape index (κ2) is 12.3. The second-order valence-corrected chi connectivity index (χ2v) is 8.07. The third kappa shape index (κ3) is 6.91. The molecule has 0 saturated carbocycles. The zero-order valence-corrected chi connectivity index (χ0v) is 20.9. The van der Waals surface area contributed by atoms with E-state index < -0.39 is 23.8 Å². The Morgan fingerprint density at radius 1 is 0.865 bits per heavy atom. The molecule has 3 amide bonds. The average Bonchev–Trinajstić information content (AvgIpc) is 2.88. The summed E-state index contributed by atoms with van der Waals surface area (Å²) in [4.78, 5) is 37.5. The van der Waals surface area contributed by atoms with Crippen molar-refractivity contribution < 1.29 is 28.6 Å². The number of nitrogens with one attached hydrogen (secondary N) is 2. The maximum atomic E-state index is 12.7. The van der Waals surface area contributed by atoms with E-state index in [0.29, 0.717) is 34.1 Å². The molecular formula is C27H30N4O6. The van der Waals surface area contributed by atoms with Crippen molar-refractivity contribution in [2.45, 2.75) is 19.3 Å². The van der Waals surface area contributed by atoms with E-state index in [4.69, 9.17) is 25.7 Å². The highest BCUT2D eigenvalue weighted by Gasteiger charge is 2.27. The van der Waals surface area contributed by atoms with Gasteiger partial charge in [-0.05, 0) is 73.0 Å². The molecule has 3 aromatic carbocycles. The number of urea groups is 1. The van der Waals surface area contributed by atoms with Crippen LogP contribution < -0.4 is 31.6 Å². The smallest absolute Gasteiger partial charge is 0.338 e. The number of methoxy groups -OCH3 is 2. The van der Waals surface area contributed by atoms with Crippen molar-refractivity contribution in [2.75, 3.05) is 37.2 Å². The number of rotatable bonds is 10. The highest BCUT2D eigenvalue weighted by molar-refractivity contribution is 6.00. The highest BCUT2D eigenvalue weighted by Crippen LogP contribution is 2.35. The van der Waals surface area contributed by atoms with Crippen LogP contribution in [0.5, 0.6) is 11.5 Å². The van der Waals surface area contributed by atoms with E-state index in [-0.39, 0.29) is 18.6 Å². The predicted molar refractivity (Wildman–Crippen MR) is 141 cm³/mol. The molecule has 0 spiro atoms. The van der Waals surface area contributed by atoms with Crippen LogP contribution in [0.3, 0.4) is 0 Å². The molecule has 1 unspecified atom stereocenters. The molecule has 37 heavy (non-hydrogen) atoms. The normalized spacial score (nSPS) is 11.2. The Balaban J connectivity index is 1.81. The van der Waals surface area contributed by atoms with E-state index in [0.717, 1.165) is 5.56 Å². The Labute approximate surface area is 214 Å². The Kier molecular flexibility index (Phi) is 8.93. The van der Waals surface area contributed by atoms with E-state index in [1.807, 2.05) is 0 Å². The summed E-state index contributed by atoms with van der Waals surface area (Å²) in [6, 6.07) is 16.3. The number of ether oxygens (including phenoxy) is 3. The van der Waals surface area contributed by atoms with Gasteiger partial charge in [-0.15, -0.1) is 0 Å². The molecule has 0 radical (unpaired) electrons. The van der Waals surface area contributed by atoms with Crippen LogP contribution in [0.1, 0.15) is 34.3 Å². The van der Waals surface area contributed by atoms with Gasteiger partial charge in [0.05, 0.1) is 32.3 Å². The number of hydrogen-bond donors (Lipinski definition) is 4. The molecule has 0 fully saturated rings. The van der Waals surface area contributed by atoms with Crippen LogP contribution >= 0.6 is 0 Å². The third-order valence-corrected chi connectivity index (χ3v) is 5.59. The summed E-state index contributed by atoms with van der Waals surface area (Å²) in [7, 11) is 2.91. The van der Waals surface area contributed by atoms with Crippen LogP contribution in [0.15, 0.2) is 60.7 Å². The van der Waals surface area contributed by atoms with Crippen LogP contribution in [0, 0.1) is 0 Å². The standard InChI is InChI=1S/C27H30N4O6/c1-4-37-26(33)22-15-24(36-3)23(35-2)14-20(22)21(25(29)32)13-16-5-9-18(10-6-16)30-27(34)31-19-11-7-17(28)8-12-19/h5-12,14-15,21H,4,13,28H2,1-3H3,(H2,29,32)(H2,30,31,34). The summed E-state index contributed by atoms with van der Waals surface area (Å²) >= 11 is 0. The van der Waals surface area contributed by atoms with Gasteiger partial charge in [-0.1, -0.05) is 12.1 Å². The molecule has 0 saturated heterocycles. The number of hydrogen-bond acceptors (Lipinski definition) is 7. The van der Waals surface area contributed by atoms with Gasteiger partial charge in [0.25, 0.3) is 0 Å². The summed E-state index contributed by atoms with van der Waals surface area (Å²) in [6.45, 7) is 1.85. The Morgan fingerprint density at radius 3 is 1.92 bits per heavy atom. The zero-order chi connectivity index (χ0) is 26.9. The van der Waals surface area contributed by atoms with Gasteiger partial charge in [-0.25, -0.2) is 9.59 Å². The van der Waals surface area contributed by atoms with E-state index in [2.05, 4.69) is 10.6 Å². The average molecular weight is 507 g/mol. The maximum Gasteiger partial charge on any atom is 0.338 e. The van der Waals surface area contributed by atoms with Crippen molar-refractivity contribution in [1.29, 1.82) is 0 Å². The lowest BCUT2D eigenvalue weighted by molar-refractivity contribution is -0.119. The van der Waals surface area contributed by atoms with Crippen LogP contribution in [0.4, 0.5) is 21.9 Å². The van der Waals surface area contributed by atoms with Crippen molar-refractivity contribution in [2.24, 2.45) is 5.73 Å². The van der Waals surface area contributed by atoms with E-state index in [9.17, 15) is 14.4 Å². The number of esters is 1. The monoisotopic (exact) mass is 506 g/mol. The van der Waals surface area contributed by atoms with Gasteiger partial charge in [-0.3, -0.25) is 4.79 Å². The number of carbonyl (C=O) groups excluding carboxylic acids is 3. The molecule has 0 aromatic heterocycles. The first-order chi connectivity index (χ1) is 17.7. The third-order valence-electron chi connectivity index (χ3n) is 5.59. The van der Waals surface area contributed by atoms with E-state index >= 15 is 0 Å². The molecule has 0 aliphatic rings. The Bertz CT molecular complexity index is 1260. The van der Waals surface area contributed by atoms with Gasteiger partial charge in [-0.2, -0.15) is 0 Å². The van der Waals surface area contributed by atoms with Crippen LogP contribution in [-0.2, 0) is 16.0 Å². The molecular weight excluding hydrogens is 476 g/mol. The Morgan fingerprint density at radius 2 is 1.41 bits per heavy atom. The molecule has 194 valence electrons. The van der Waals surface area contributed by atoms with Crippen molar-refractivity contribution in [1.82, 2.24) is 0 Å². The molecule has 0 heterocycles. The number of carbonyl (C=O) groups is 3. The number of nitrogen functional groups attached to an aromatic ring is 1. The van der Waals surface area contributed by atoms with E-state index in [1.165, 1.54) is 20.3 Å². The summed E-state index contributed by atoms with van der Waals surface area (Å²) in [5.41, 5.74) is 14.5. The van der Waals surface area contributed by atoms with Gasteiger partial charge < -0.3 is 36.3 Å². The summed E-state index contributed by atoms with van der Waals surface area (Å²) in [5, 5.41) is 5.46. The second-order valence-electron chi connectivity index (χ2n) is 8.07. The predicted octanol–water partition coefficient (Wildman–Crippen LogP) is 3.92. The zero-order valence-electron chi connectivity index (χ0n) is 20.9. The van der Waals surface area contributed by atoms with Gasteiger partial charge >= 0.3 is 12.0 Å². The van der Waals surface area contributed by atoms with Gasteiger partial charge in [0, 0.05) is 17.1 Å². The summed E-state index contributed by atoms with van der Waals surface area (Å²) < 4.78 is 15.9. The number of anilines is 3. The molecule has 3 rings (SSSR count). The highest BCUT2D eigenvalue weighted by atomic mass is 16.5. The van der Waals surface area contributed by atoms with Crippen LogP contribution in [0.25, 0.3) is 0 Å². The number of benzene rings is 3. The molecule has 0 bridgehead atoms. The fraction of sp³-hybridized carbons (Fsp3) is 0.222. The number of amides is 3. The minimum absolute atomic E-state index is 0.161.